The smallest absolute Gasteiger partial charge is 0.227 e. The number of fused-ring (bicyclic) bond motifs is 1. The lowest BCUT2D eigenvalue weighted by Gasteiger charge is -2.05. The van der Waals surface area contributed by atoms with Gasteiger partial charge in [-0.1, -0.05) is 41.1 Å². The molecule has 28 heavy (non-hydrogen) atoms. The van der Waals surface area contributed by atoms with Gasteiger partial charge in [0.25, 0.3) is 0 Å². The predicted molar refractivity (Wildman–Crippen MR) is 112 cm³/mol. The molecular formula is C19H17ClN6OS. The first kappa shape index (κ1) is 18.4. The topological polar surface area (TPSA) is 84.2 Å². The Bertz CT molecular complexity index is 1070. The van der Waals surface area contributed by atoms with Crippen LogP contribution in [0.25, 0.3) is 16.2 Å². The Morgan fingerprint density at radius 2 is 2.04 bits per heavy atom. The summed E-state index contributed by atoms with van der Waals surface area (Å²) in [5, 5.41) is 11.8. The summed E-state index contributed by atoms with van der Waals surface area (Å²) in [4.78, 5) is 21.5. The molecule has 0 saturated carbocycles. The van der Waals surface area contributed by atoms with Crippen molar-refractivity contribution in [3.63, 3.8) is 0 Å². The number of amides is 1. The molecule has 0 radical (unpaired) electrons. The van der Waals surface area contributed by atoms with Crippen LogP contribution in [0.3, 0.4) is 0 Å². The Balaban J connectivity index is 1.32. The number of aromatic nitrogens is 4. The number of imidazole rings is 1. The molecule has 4 aromatic rings. The van der Waals surface area contributed by atoms with Crippen LogP contribution in [0, 0.1) is 6.92 Å². The highest BCUT2D eigenvalue weighted by molar-refractivity contribution is 7.20. The van der Waals surface area contributed by atoms with Crippen LogP contribution in [0.15, 0.2) is 48.8 Å². The number of benzene rings is 1. The zero-order valence-electron chi connectivity index (χ0n) is 15.0. The number of hydrogen-bond donors (Lipinski definition) is 2. The lowest BCUT2D eigenvalue weighted by atomic mass is 10.2. The van der Waals surface area contributed by atoms with Crippen LogP contribution in [0.5, 0.6) is 0 Å². The molecule has 3 aromatic heterocycles. The Kier molecular flexibility index (Phi) is 5.23. The first-order chi connectivity index (χ1) is 13.6. The van der Waals surface area contributed by atoms with Crippen molar-refractivity contribution in [1.82, 2.24) is 19.6 Å². The normalized spacial score (nSPS) is 10.9. The molecule has 2 N–H and O–H groups in total. The second-order valence-corrected chi connectivity index (χ2v) is 7.61. The van der Waals surface area contributed by atoms with Gasteiger partial charge in [-0.2, -0.15) is 0 Å². The number of pyridine rings is 1. The molecule has 0 bridgehead atoms. The fourth-order valence-corrected chi connectivity index (χ4v) is 3.49. The molecule has 0 fully saturated rings. The maximum Gasteiger partial charge on any atom is 0.227 e. The third-order valence-corrected chi connectivity index (χ3v) is 5.12. The molecule has 0 unspecified atom stereocenters. The minimum Gasteiger partial charge on any atom is -0.360 e. The molecule has 4 rings (SSSR count). The molecule has 3 heterocycles. The van der Waals surface area contributed by atoms with E-state index in [2.05, 4.69) is 25.7 Å². The van der Waals surface area contributed by atoms with Crippen LogP contribution in [-0.2, 0) is 4.79 Å². The number of rotatable bonds is 6. The van der Waals surface area contributed by atoms with Gasteiger partial charge < -0.3 is 10.6 Å². The highest BCUT2D eigenvalue weighted by Crippen LogP contribution is 2.25. The Labute approximate surface area is 170 Å². The van der Waals surface area contributed by atoms with Crippen molar-refractivity contribution in [3.05, 3.63) is 59.4 Å². The summed E-state index contributed by atoms with van der Waals surface area (Å²) in [6, 6.07) is 11.2. The Hall–Kier alpha value is -2.97. The zero-order valence-corrected chi connectivity index (χ0v) is 16.6. The second kappa shape index (κ2) is 7.95. The molecule has 9 heteroatoms. The summed E-state index contributed by atoms with van der Waals surface area (Å²) in [7, 11) is 0. The highest BCUT2D eigenvalue weighted by Gasteiger charge is 2.10. The van der Waals surface area contributed by atoms with Crippen molar-refractivity contribution in [2.24, 2.45) is 0 Å². The van der Waals surface area contributed by atoms with Crippen LogP contribution in [0.1, 0.15) is 12.0 Å². The Morgan fingerprint density at radius 1 is 1.21 bits per heavy atom. The third-order valence-electron chi connectivity index (χ3n) is 3.99. The predicted octanol–water partition coefficient (Wildman–Crippen LogP) is 4.26. The monoisotopic (exact) mass is 412 g/mol. The van der Waals surface area contributed by atoms with E-state index in [9.17, 15) is 4.79 Å². The van der Waals surface area contributed by atoms with E-state index < -0.39 is 0 Å². The SMILES string of the molecule is Cc1ccc(NC(=O)CCNc2nn3cc(-c4ccc(Cl)cc4)nc3s2)nc1. The average molecular weight is 413 g/mol. The molecule has 0 spiro atoms. The van der Waals surface area contributed by atoms with Gasteiger partial charge in [0.15, 0.2) is 0 Å². The maximum atomic E-state index is 12.0. The van der Waals surface area contributed by atoms with Gasteiger partial charge in [-0.3, -0.25) is 4.79 Å². The lowest BCUT2D eigenvalue weighted by molar-refractivity contribution is -0.116. The number of nitrogens with zero attached hydrogens (tertiary/aromatic N) is 4. The minimum atomic E-state index is -0.102. The second-order valence-electron chi connectivity index (χ2n) is 6.21. The average Bonchev–Trinajstić information content (AvgIpc) is 3.23. The minimum absolute atomic E-state index is 0.102. The van der Waals surface area contributed by atoms with Crippen molar-refractivity contribution in [3.8, 4) is 11.3 Å². The molecule has 0 saturated heterocycles. The summed E-state index contributed by atoms with van der Waals surface area (Å²) >= 11 is 7.36. The summed E-state index contributed by atoms with van der Waals surface area (Å²) < 4.78 is 1.73. The van der Waals surface area contributed by atoms with Crippen LogP contribution >= 0.6 is 22.9 Å². The van der Waals surface area contributed by atoms with Gasteiger partial charge in [0.05, 0.1) is 11.9 Å². The van der Waals surface area contributed by atoms with E-state index in [1.165, 1.54) is 11.3 Å². The van der Waals surface area contributed by atoms with Crippen molar-refractivity contribution in [2.45, 2.75) is 13.3 Å². The summed E-state index contributed by atoms with van der Waals surface area (Å²) in [6.07, 6.45) is 3.90. The van der Waals surface area contributed by atoms with Crippen molar-refractivity contribution in [2.75, 3.05) is 17.2 Å². The molecule has 0 aliphatic carbocycles. The van der Waals surface area contributed by atoms with Gasteiger partial charge in [-0.25, -0.2) is 14.5 Å². The number of hydrogen-bond acceptors (Lipinski definition) is 6. The molecular weight excluding hydrogens is 396 g/mol. The largest absolute Gasteiger partial charge is 0.360 e. The number of carbonyl (C=O) groups is 1. The summed E-state index contributed by atoms with van der Waals surface area (Å²) in [6.45, 7) is 2.42. The van der Waals surface area contributed by atoms with Crippen molar-refractivity contribution >= 4 is 44.8 Å². The van der Waals surface area contributed by atoms with Gasteiger partial charge in [0.1, 0.15) is 5.82 Å². The summed E-state index contributed by atoms with van der Waals surface area (Å²) in [5.41, 5.74) is 2.87. The quantitative estimate of drug-likeness (QED) is 0.494. The molecule has 0 aliphatic rings. The lowest BCUT2D eigenvalue weighted by Crippen LogP contribution is -2.16. The number of anilines is 2. The molecule has 0 aliphatic heterocycles. The van der Waals surface area contributed by atoms with E-state index in [4.69, 9.17) is 11.6 Å². The molecule has 0 atom stereocenters. The van der Waals surface area contributed by atoms with E-state index in [1.807, 2.05) is 43.5 Å². The van der Waals surface area contributed by atoms with Gasteiger partial charge in [-0.05, 0) is 30.7 Å². The fraction of sp³-hybridized carbons (Fsp3) is 0.158. The van der Waals surface area contributed by atoms with Crippen molar-refractivity contribution in [1.29, 1.82) is 0 Å². The van der Waals surface area contributed by atoms with Crippen LogP contribution in [0.2, 0.25) is 5.02 Å². The Morgan fingerprint density at radius 3 is 2.75 bits per heavy atom. The summed E-state index contributed by atoms with van der Waals surface area (Å²) in [5.74, 6) is 0.452. The third kappa shape index (κ3) is 4.29. The van der Waals surface area contributed by atoms with Crippen LogP contribution in [-0.4, -0.2) is 32.0 Å². The molecule has 1 aromatic carbocycles. The number of aryl methyl sites for hydroxylation is 1. The van der Waals surface area contributed by atoms with Crippen LogP contribution in [0.4, 0.5) is 10.9 Å². The molecule has 1 amide bonds. The van der Waals surface area contributed by atoms with Gasteiger partial charge >= 0.3 is 0 Å². The van der Waals surface area contributed by atoms with Gasteiger partial charge in [-0.15, -0.1) is 5.10 Å². The van der Waals surface area contributed by atoms with Crippen molar-refractivity contribution < 1.29 is 4.79 Å². The van der Waals surface area contributed by atoms with E-state index in [0.717, 1.165) is 21.8 Å². The molecule has 7 nitrogen and oxygen atoms in total. The first-order valence-corrected chi connectivity index (χ1v) is 9.85. The first-order valence-electron chi connectivity index (χ1n) is 8.65. The van der Waals surface area contributed by atoms with E-state index in [0.29, 0.717) is 28.9 Å². The number of nitrogens with one attached hydrogen (secondary N) is 2. The maximum absolute atomic E-state index is 12.0. The van der Waals surface area contributed by atoms with Crippen LogP contribution < -0.4 is 10.6 Å². The number of carbonyl (C=O) groups excluding carboxylic acids is 1. The van der Waals surface area contributed by atoms with Gasteiger partial charge in [0.2, 0.25) is 16.0 Å². The number of halogens is 1. The standard InChI is InChI=1S/C19H17ClN6OS/c1-12-2-7-16(22-10-12)24-17(27)8-9-21-18-25-26-11-15(23-19(26)28-18)13-3-5-14(20)6-4-13/h2-7,10-11H,8-9H2,1H3,(H,21,25)(H,22,24,27). The zero-order chi connectivity index (χ0) is 19.5. The highest BCUT2D eigenvalue weighted by atomic mass is 35.5. The van der Waals surface area contributed by atoms with Gasteiger partial charge in [0, 0.05) is 29.7 Å². The van der Waals surface area contributed by atoms with E-state index in [-0.39, 0.29) is 5.91 Å². The van der Waals surface area contributed by atoms with E-state index in [1.54, 1.807) is 16.8 Å². The molecule has 142 valence electrons. The fourth-order valence-electron chi connectivity index (χ4n) is 2.56. The van der Waals surface area contributed by atoms with E-state index >= 15 is 0 Å².